The molecule has 0 unspecified atom stereocenters. The Labute approximate surface area is 114 Å². The number of hydrogen-bond acceptors (Lipinski definition) is 3. The molecule has 0 aliphatic rings. The first-order valence-electron chi connectivity index (χ1n) is 5.08. The standard InChI is InChI=1S/C11H14BrClN2O2/c1-17-5-4-14-7-11(16)15-10-6-8(13)2-3-9(10)12/h2-3,6,14H,4-5,7H2,1H3,(H,15,16). The molecular formula is C11H14BrClN2O2. The van der Waals surface area contributed by atoms with Crippen molar-refractivity contribution in [2.24, 2.45) is 0 Å². The molecule has 0 heterocycles. The number of hydrogen-bond donors (Lipinski definition) is 2. The van der Waals surface area contributed by atoms with Gasteiger partial charge in [0, 0.05) is 23.1 Å². The van der Waals surface area contributed by atoms with Crippen LogP contribution in [0.15, 0.2) is 22.7 Å². The zero-order valence-corrected chi connectivity index (χ0v) is 11.8. The van der Waals surface area contributed by atoms with Gasteiger partial charge in [-0.3, -0.25) is 4.79 Å². The van der Waals surface area contributed by atoms with E-state index < -0.39 is 0 Å². The molecule has 0 fully saturated rings. The Balaban J connectivity index is 2.42. The van der Waals surface area contributed by atoms with Crippen LogP contribution in [0.2, 0.25) is 5.02 Å². The van der Waals surface area contributed by atoms with Crippen LogP contribution in [0.1, 0.15) is 0 Å². The largest absolute Gasteiger partial charge is 0.383 e. The summed E-state index contributed by atoms with van der Waals surface area (Å²) >= 11 is 9.18. The van der Waals surface area contributed by atoms with Gasteiger partial charge in [0.15, 0.2) is 0 Å². The molecule has 1 rings (SSSR count). The second kappa shape index (κ2) is 7.66. The second-order valence-electron chi connectivity index (χ2n) is 3.34. The molecule has 0 aliphatic carbocycles. The lowest BCUT2D eigenvalue weighted by Crippen LogP contribution is -2.30. The lowest BCUT2D eigenvalue weighted by atomic mass is 10.3. The third kappa shape index (κ3) is 5.50. The van der Waals surface area contributed by atoms with E-state index in [-0.39, 0.29) is 12.5 Å². The average Bonchev–Trinajstić information content (AvgIpc) is 2.29. The lowest BCUT2D eigenvalue weighted by molar-refractivity contribution is -0.115. The summed E-state index contributed by atoms with van der Waals surface area (Å²) in [5, 5.41) is 6.29. The van der Waals surface area contributed by atoms with Crippen LogP contribution in [0, 0.1) is 0 Å². The maximum absolute atomic E-state index is 11.6. The molecule has 1 aromatic carbocycles. The van der Waals surface area contributed by atoms with Crippen LogP contribution < -0.4 is 10.6 Å². The normalized spacial score (nSPS) is 10.3. The fraction of sp³-hybridized carbons (Fsp3) is 0.364. The Morgan fingerprint density at radius 3 is 3.00 bits per heavy atom. The number of benzene rings is 1. The topological polar surface area (TPSA) is 50.4 Å². The Bertz CT molecular complexity index is 388. The fourth-order valence-electron chi connectivity index (χ4n) is 1.16. The van der Waals surface area contributed by atoms with E-state index in [0.29, 0.717) is 23.9 Å². The summed E-state index contributed by atoms with van der Waals surface area (Å²) in [4.78, 5) is 11.6. The highest BCUT2D eigenvalue weighted by Gasteiger charge is 2.05. The van der Waals surface area contributed by atoms with Crippen molar-refractivity contribution in [3.05, 3.63) is 27.7 Å². The molecule has 4 nitrogen and oxygen atoms in total. The van der Waals surface area contributed by atoms with Gasteiger partial charge in [-0.1, -0.05) is 11.6 Å². The number of carbonyl (C=O) groups is 1. The van der Waals surface area contributed by atoms with Crippen molar-refractivity contribution in [1.82, 2.24) is 5.32 Å². The van der Waals surface area contributed by atoms with E-state index in [0.717, 1.165) is 4.47 Å². The minimum absolute atomic E-state index is 0.121. The van der Waals surface area contributed by atoms with Crippen LogP contribution in [0.3, 0.4) is 0 Å². The van der Waals surface area contributed by atoms with E-state index in [1.807, 2.05) is 0 Å². The highest BCUT2D eigenvalue weighted by molar-refractivity contribution is 9.10. The molecule has 0 bridgehead atoms. The molecule has 0 atom stereocenters. The Kier molecular flexibility index (Phi) is 6.50. The van der Waals surface area contributed by atoms with Crippen molar-refractivity contribution in [2.45, 2.75) is 0 Å². The van der Waals surface area contributed by atoms with E-state index >= 15 is 0 Å². The molecule has 0 aliphatic heterocycles. The maximum atomic E-state index is 11.6. The molecule has 1 aromatic rings. The molecule has 2 N–H and O–H groups in total. The Morgan fingerprint density at radius 2 is 2.29 bits per heavy atom. The zero-order chi connectivity index (χ0) is 12.7. The molecule has 17 heavy (non-hydrogen) atoms. The summed E-state index contributed by atoms with van der Waals surface area (Å²) in [7, 11) is 1.62. The van der Waals surface area contributed by atoms with Crippen LogP contribution in [0.5, 0.6) is 0 Å². The van der Waals surface area contributed by atoms with E-state index in [1.165, 1.54) is 0 Å². The average molecular weight is 322 g/mol. The van der Waals surface area contributed by atoms with Crippen molar-refractivity contribution in [1.29, 1.82) is 0 Å². The number of anilines is 1. The minimum atomic E-state index is -0.121. The summed E-state index contributed by atoms with van der Waals surface area (Å²) in [6, 6.07) is 5.23. The lowest BCUT2D eigenvalue weighted by Gasteiger charge is -2.08. The zero-order valence-electron chi connectivity index (χ0n) is 9.43. The van der Waals surface area contributed by atoms with Gasteiger partial charge in [0.05, 0.1) is 18.8 Å². The molecular weight excluding hydrogens is 307 g/mol. The van der Waals surface area contributed by atoms with Gasteiger partial charge >= 0.3 is 0 Å². The first-order chi connectivity index (χ1) is 8.13. The monoisotopic (exact) mass is 320 g/mol. The van der Waals surface area contributed by atoms with Crippen LogP contribution in [0.4, 0.5) is 5.69 Å². The van der Waals surface area contributed by atoms with E-state index in [4.69, 9.17) is 16.3 Å². The van der Waals surface area contributed by atoms with Gasteiger partial charge in [0.2, 0.25) is 5.91 Å². The van der Waals surface area contributed by atoms with Gasteiger partial charge in [-0.25, -0.2) is 0 Å². The summed E-state index contributed by atoms with van der Waals surface area (Å²) in [6.07, 6.45) is 0. The van der Waals surface area contributed by atoms with Gasteiger partial charge in [0.25, 0.3) is 0 Å². The number of nitrogens with one attached hydrogen (secondary N) is 2. The Hall–Kier alpha value is -0.620. The van der Waals surface area contributed by atoms with Gasteiger partial charge in [-0.05, 0) is 34.1 Å². The SMILES string of the molecule is COCCNCC(=O)Nc1cc(Cl)ccc1Br. The van der Waals surface area contributed by atoms with Gasteiger partial charge in [0.1, 0.15) is 0 Å². The molecule has 94 valence electrons. The minimum Gasteiger partial charge on any atom is -0.383 e. The Morgan fingerprint density at radius 1 is 1.53 bits per heavy atom. The van der Waals surface area contributed by atoms with E-state index in [2.05, 4.69) is 26.6 Å². The fourth-order valence-corrected chi connectivity index (χ4v) is 1.68. The van der Waals surface area contributed by atoms with E-state index in [9.17, 15) is 4.79 Å². The summed E-state index contributed by atoms with van der Waals surface area (Å²) in [6.45, 7) is 1.46. The molecule has 0 saturated carbocycles. The molecule has 0 spiro atoms. The third-order valence-electron chi connectivity index (χ3n) is 1.97. The third-order valence-corrected chi connectivity index (χ3v) is 2.90. The first-order valence-corrected chi connectivity index (χ1v) is 6.25. The van der Waals surface area contributed by atoms with Crippen LogP contribution >= 0.6 is 27.5 Å². The van der Waals surface area contributed by atoms with Crippen molar-refractivity contribution in [3.8, 4) is 0 Å². The van der Waals surface area contributed by atoms with Crippen molar-refractivity contribution >= 4 is 39.1 Å². The highest BCUT2D eigenvalue weighted by atomic mass is 79.9. The van der Waals surface area contributed by atoms with Crippen LogP contribution in [-0.4, -0.2) is 32.7 Å². The number of halogens is 2. The summed E-state index contributed by atoms with van der Waals surface area (Å²) < 4.78 is 5.66. The van der Waals surface area contributed by atoms with Gasteiger partial charge in [-0.2, -0.15) is 0 Å². The van der Waals surface area contributed by atoms with Crippen molar-refractivity contribution in [2.75, 3.05) is 32.1 Å². The number of ether oxygens (including phenoxy) is 1. The number of methoxy groups -OCH3 is 1. The molecule has 0 saturated heterocycles. The summed E-state index contributed by atoms with van der Waals surface area (Å²) in [5.41, 5.74) is 0.663. The van der Waals surface area contributed by atoms with Gasteiger partial charge in [-0.15, -0.1) is 0 Å². The number of carbonyl (C=O) groups excluding carboxylic acids is 1. The quantitative estimate of drug-likeness (QED) is 0.790. The van der Waals surface area contributed by atoms with Crippen molar-refractivity contribution < 1.29 is 9.53 Å². The van der Waals surface area contributed by atoms with Crippen molar-refractivity contribution in [3.63, 3.8) is 0 Å². The molecule has 1 amide bonds. The predicted molar refractivity (Wildman–Crippen MR) is 72.5 cm³/mol. The predicted octanol–water partition coefficient (Wildman–Crippen LogP) is 2.28. The highest BCUT2D eigenvalue weighted by Crippen LogP contribution is 2.25. The van der Waals surface area contributed by atoms with E-state index in [1.54, 1.807) is 25.3 Å². The summed E-state index contributed by atoms with van der Waals surface area (Å²) in [5.74, 6) is -0.121. The van der Waals surface area contributed by atoms with Gasteiger partial charge < -0.3 is 15.4 Å². The molecule has 0 aromatic heterocycles. The van der Waals surface area contributed by atoms with Crippen LogP contribution in [0.25, 0.3) is 0 Å². The number of rotatable bonds is 6. The number of amides is 1. The molecule has 6 heteroatoms. The van der Waals surface area contributed by atoms with Crippen LogP contribution in [-0.2, 0) is 9.53 Å². The smallest absolute Gasteiger partial charge is 0.238 e. The maximum Gasteiger partial charge on any atom is 0.238 e. The molecule has 0 radical (unpaired) electrons. The second-order valence-corrected chi connectivity index (χ2v) is 4.63. The first kappa shape index (κ1) is 14.4.